The maximum atomic E-state index is 12.6. The molecule has 0 radical (unpaired) electrons. The number of alkyl halides is 6. The molecule has 0 saturated carbocycles. The van der Waals surface area contributed by atoms with Gasteiger partial charge in [-0.2, -0.15) is 0 Å². The van der Waals surface area contributed by atoms with Gasteiger partial charge in [0, 0.05) is 17.1 Å². The lowest BCUT2D eigenvalue weighted by Crippen LogP contribution is -2.20. The SMILES string of the molecule is O=C(O)c1c(C(F)F)cnc(OC(F)(F)F)c1CBr. The summed E-state index contributed by atoms with van der Waals surface area (Å²) in [6.45, 7) is 0. The van der Waals surface area contributed by atoms with Gasteiger partial charge in [0.25, 0.3) is 6.43 Å². The Bertz CT molecular complexity index is 491. The minimum absolute atomic E-state index is 0.349. The van der Waals surface area contributed by atoms with Gasteiger partial charge in [0.2, 0.25) is 5.88 Å². The van der Waals surface area contributed by atoms with Crippen LogP contribution in [0.5, 0.6) is 5.88 Å². The Morgan fingerprint density at radius 2 is 2.05 bits per heavy atom. The average Bonchev–Trinajstić information content (AvgIpc) is 2.25. The summed E-state index contributed by atoms with van der Waals surface area (Å²) < 4.78 is 64.9. The second-order valence-electron chi connectivity index (χ2n) is 3.16. The summed E-state index contributed by atoms with van der Waals surface area (Å²) in [6.07, 6.45) is -7.94. The molecule has 0 fully saturated rings. The summed E-state index contributed by atoms with van der Waals surface area (Å²) in [5, 5.41) is 8.39. The molecule has 1 heterocycles. The molecule has 1 aromatic rings. The Kier molecular flexibility index (Phi) is 4.66. The predicted molar refractivity (Wildman–Crippen MR) is 55.5 cm³/mol. The number of hydrogen-bond acceptors (Lipinski definition) is 3. The number of carbonyl (C=O) groups is 1. The lowest BCUT2D eigenvalue weighted by Gasteiger charge is -2.15. The fourth-order valence-electron chi connectivity index (χ4n) is 1.29. The zero-order valence-corrected chi connectivity index (χ0v) is 10.4. The van der Waals surface area contributed by atoms with Gasteiger partial charge in [-0.3, -0.25) is 0 Å². The van der Waals surface area contributed by atoms with Crippen molar-refractivity contribution in [1.82, 2.24) is 4.98 Å². The first-order valence-electron chi connectivity index (χ1n) is 4.52. The molecule has 0 aliphatic heterocycles. The molecule has 4 nitrogen and oxygen atoms in total. The van der Waals surface area contributed by atoms with Crippen molar-refractivity contribution < 1.29 is 36.6 Å². The molecule has 0 unspecified atom stereocenters. The maximum Gasteiger partial charge on any atom is 0.574 e. The van der Waals surface area contributed by atoms with E-state index in [9.17, 15) is 26.7 Å². The summed E-state index contributed by atoms with van der Waals surface area (Å²) in [4.78, 5) is 14.0. The van der Waals surface area contributed by atoms with Crippen LogP contribution in [0.15, 0.2) is 6.20 Å². The molecule has 0 saturated heterocycles. The smallest absolute Gasteiger partial charge is 0.478 e. The average molecular weight is 350 g/mol. The minimum Gasteiger partial charge on any atom is -0.478 e. The fourth-order valence-corrected chi connectivity index (χ4v) is 1.81. The first-order chi connectivity index (χ1) is 8.67. The van der Waals surface area contributed by atoms with Crippen LogP contribution in [-0.2, 0) is 5.33 Å². The molecule has 0 bridgehead atoms. The molecule has 0 aliphatic carbocycles. The van der Waals surface area contributed by atoms with E-state index in [0.717, 1.165) is 0 Å². The molecule has 0 aromatic carbocycles. The Morgan fingerprint density at radius 3 is 2.42 bits per heavy atom. The fraction of sp³-hybridized carbons (Fsp3) is 0.333. The topological polar surface area (TPSA) is 59.4 Å². The summed E-state index contributed by atoms with van der Waals surface area (Å²) >= 11 is 2.72. The van der Waals surface area contributed by atoms with Crippen LogP contribution >= 0.6 is 15.9 Å². The van der Waals surface area contributed by atoms with Gasteiger partial charge in [-0.1, -0.05) is 15.9 Å². The Hall–Kier alpha value is -1.45. The van der Waals surface area contributed by atoms with Gasteiger partial charge >= 0.3 is 12.3 Å². The van der Waals surface area contributed by atoms with Crippen LogP contribution in [0.4, 0.5) is 22.0 Å². The lowest BCUT2D eigenvalue weighted by molar-refractivity contribution is -0.276. The Labute approximate surface area is 111 Å². The van der Waals surface area contributed by atoms with Crippen LogP contribution in [0.3, 0.4) is 0 Å². The number of pyridine rings is 1. The monoisotopic (exact) mass is 349 g/mol. The van der Waals surface area contributed by atoms with Crippen LogP contribution in [0.1, 0.15) is 27.9 Å². The second kappa shape index (κ2) is 5.68. The summed E-state index contributed by atoms with van der Waals surface area (Å²) in [5.41, 5.74) is -2.54. The highest BCUT2D eigenvalue weighted by atomic mass is 79.9. The van der Waals surface area contributed by atoms with Gasteiger partial charge in [-0.15, -0.1) is 13.2 Å². The van der Waals surface area contributed by atoms with Crippen LogP contribution in [0.25, 0.3) is 0 Å². The summed E-state index contributed by atoms with van der Waals surface area (Å²) in [7, 11) is 0. The molecule has 0 atom stereocenters. The Balaban J connectivity index is 3.45. The number of halogens is 6. The van der Waals surface area contributed by atoms with Crippen LogP contribution in [0, 0.1) is 0 Å². The van der Waals surface area contributed by atoms with E-state index in [1.807, 2.05) is 0 Å². The third kappa shape index (κ3) is 3.75. The van der Waals surface area contributed by atoms with Gasteiger partial charge in [-0.25, -0.2) is 18.6 Å². The van der Waals surface area contributed by atoms with Crippen molar-refractivity contribution in [2.75, 3.05) is 0 Å². The van der Waals surface area contributed by atoms with Gasteiger partial charge in [0.15, 0.2) is 0 Å². The minimum atomic E-state index is -5.11. The van der Waals surface area contributed by atoms with Crippen molar-refractivity contribution in [2.45, 2.75) is 18.1 Å². The van der Waals surface area contributed by atoms with E-state index < -0.39 is 46.7 Å². The first kappa shape index (κ1) is 15.6. The molecule has 10 heteroatoms. The predicted octanol–water partition coefficient (Wildman–Crippen LogP) is 3.51. The number of carboxylic acids is 1. The van der Waals surface area contributed by atoms with E-state index >= 15 is 0 Å². The second-order valence-corrected chi connectivity index (χ2v) is 3.72. The van der Waals surface area contributed by atoms with Gasteiger partial charge in [-0.05, 0) is 0 Å². The van der Waals surface area contributed by atoms with E-state index in [1.165, 1.54) is 0 Å². The highest BCUT2D eigenvalue weighted by molar-refractivity contribution is 9.08. The number of ether oxygens (including phenoxy) is 1. The van der Waals surface area contributed by atoms with Crippen molar-refractivity contribution in [2.24, 2.45) is 0 Å². The van der Waals surface area contributed by atoms with Crippen molar-refractivity contribution in [3.05, 3.63) is 22.9 Å². The molecule has 0 amide bonds. The molecule has 1 N–H and O–H groups in total. The van der Waals surface area contributed by atoms with Crippen molar-refractivity contribution >= 4 is 21.9 Å². The largest absolute Gasteiger partial charge is 0.574 e. The van der Waals surface area contributed by atoms with E-state index in [2.05, 4.69) is 25.7 Å². The Morgan fingerprint density at radius 1 is 1.47 bits per heavy atom. The highest BCUT2D eigenvalue weighted by Crippen LogP contribution is 2.33. The molecule has 1 rings (SSSR count). The van der Waals surface area contributed by atoms with Crippen LogP contribution in [-0.4, -0.2) is 22.4 Å². The zero-order chi connectivity index (χ0) is 14.8. The number of hydrogen-bond donors (Lipinski definition) is 1. The molecular weight excluding hydrogens is 345 g/mol. The standard InChI is InChI=1S/C9H5BrF5NO3/c10-1-3-5(8(17)18)4(6(11)12)2-16-7(3)19-9(13,14)15/h2,6H,1H2,(H,17,18). The van der Waals surface area contributed by atoms with Crippen molar-refractivity contribution in [1.29, 1.82) is 0 Å². The molecule has 19 heavy (non-hydrogen) atoms. The maximum absolute atomic E-state index is 12.6. The lowest BCUT2D eigenvalue weighted by atomic mass is 10.1. The quantitative estimate of drug-likeness (QED) is 0.667. The van der Waals surface area contributed by atoms with Gasteiger partial charge < -0.3 is 9.84 Å². The van der Waals surface area contributed by atoms with E-state index in [1.54, 1.807) is 0 Å². The number of aromatic carboxylic acids is 1. The van der Waals surface area contributed by atoms with Gasteiger partial charge in [0.1, 0.15) is 0 Å². The third-order valence-corrected chi connectivity index (χ3v) is 2.53. The number of aromatic nitrogens is 1. The summed E-state index contributed by atoms with van der Waals surface area (Å²) in [5.74, 6) is -2.87. The number of nitrogens with zero attached hydrogens (tertiary/aromatic N) is 1. The van der Waals surface area contributed by atoms with Gasteiger partial charge in [0.05, 0.1) is 11.1 Å². The zero-order valence-electron chi connectivity index (χ0n) is 8.84. The van der Waals surface area contributed by atoms with Crippen LogP contribution in [0.2, 0.25) is 0 Å². The van der Waals surface area contributed by atoms with Crippen molar-refractivity contribution in [3.63, 3.8) is 0 Å². The number of carboxylic acid groups (broad SMARTS) is 1. The first-order valence-corrected chi connectivity index (χ1v) is 5.64. The molecular formula is C9H5BrF5NO3. The molecule has 106 valence electrons. The highest BCUT2D eigenvalue weighted by Gasteiger charge is 2.35. The molecule has 0 spiro atoms. The van der Waals surface area contributed by atoms with Crippen molar-refractivity contribution in [3.8, 4) is 5.88 Å². The normalized spacial score (nSPS) is 11.7. The van der Waals surface area contributed by atoms with E-state index in [0.29, 0.717) is 6.20 Å². The van der Waals surface area contributed by atoms with Crippen LogP contribution < -0.4 is 4.74 Å². The third-order valence-electron chi connectivity index (χ3n) is 1.96. The number of rotatable bonds is 4. The summed E-state index contributed by atoms with van der Waals surface area (Å²) in [6, 6.07) is 0. The van der Waals surface area contributed by atoms with E-state index in [-0.39, 0.29) is 0 Å². The molecule has 0 aliphatic rings. The van der Waals surface area contributed by atoms with E-state index in [4.69, 9.17) is 5.11 Å². The molecule has 1 aromatic heterocycles.